The average molecular weight is 447 g/mol. The highest BCUT2D eigenvalue weighted by Crippen LogP contribution is 2.25. The number of methoxy groups -OCH3 is 1. The number of hydrogen-bond donors (Lipinski definition) is 1. The summed E-state index contributed by atoms with van der Waals surface area (Å²) < 4.78 is 8.12. The Balaban J connectivity index is 1.58. The second-order valence-corrected chi connectivity index (χ2v) is 7.40. The average Bonchev–Trinajstić information content (AvgIpc) is 3.04. The molecule has 0 radical (unpaired) electrons. The van der Waals surface area contributed by atoms with Crippen molar-refractivity contribution < 1.29 is 9.53 Å². The van der Waals surface area contributed by atoms with E-state index in [-0.39, 0.29) is 11.7 Å². The van der Waals surface area contributed by atoms with Gasteiger partial charge in [0.25, 0.3) is 5.91 Å². The van der Waals surface area contributed by atoms with Gasteiger partial charge in [0.1, 0.15) is 5.75 Å². The number of carbonyl (C=O) groups is 1. The number of carbonyl (C=O) groups excluding carboxylic acids is 1. The molecule has 1 amide bonds. The van der Waals surface area contributed by atoms with Gasteiger partial charge in [-0.1, -0.05) is 23.9 Å². The summed E-state index contributed by atoms with van der Waals surface area (Å²) in [4.78, 5) is 16.7. The molecule has 0 aliphatic carbocycles. The summed E-state index contributed by atoms with van der Waals surface area (Å²) in [7, 11) is 1.61. The van der Waals surface area contributed by atoms with Crippen LogP contribution in [0, 0.1) is 0 Å². The first-order chi connectivity index (χ1) is 13.1. The van der Waals surface area contributed by atoms with Crippen LogP contribution < -0.4 is 10.2 Å². The molecule has 1 heterocycles. The maximum atomic E-state index is 12.1. The highest BCUT2D eigenvalue weighted by molar-refractivity contribution is 9.10. The number of amides is 1. The van der Waals surface area contributed by atoms with E-state index in [0.717, 1.165) is 38.5 Å². The number of imidazole rings is 1. The lowest BCUT2D eigenvalue weighted by Gasteiger charge is -2.05. The maximum Gasteiger partial charge on any atom is 0.250 e. The van der Waals surface area contributed by atoms with E-state index in [1.54, 1.807) is 13.3 Å². The van der Waals surface area contributed by atoms with Gasteiger partial charge in [0, 0.05) is 6.54 Å². The highest BCUT2D eigenvalue weighted by atomic mass is 79.9. The summed E-state index contributed by atoms with van der Waals surface area (Å²) in [5, 5.41) is 4.84. The number of thioether (sulfide) groups is 1. The zero-order valence-electron chi connectivity index (χ0n) is 15.0. The van der Waals surface area contributed by atoms with Crippen LogP contribution in [0.1, 0.15) is 12.5 Å². The zero-order chi connectivity index (χ0) is 19.2. The lowest BCUT2D eigenvalue weighted by Crippen LogP contribution is -2.20. The van der Waals surface area contributed by atoms with Gasteiger partial charge >= 0.3 is 0 Å². The predicted molar refractivity (Wildman–Crippen MR) is 113 cm³/mol. The van der Waals surface area contributed by atoms with Crippen molar-refractivity contribution >= 4 is 50.8 Å². The molecule has 0 unspecified atom stereocenters. The molecule has 0 aliphatic rings. The van der Waals surface area contributed by atoms with E-state index >= 15 is 0 Å². The van der Waals surface area contributed by atoms with Crippen molar-refractivity contribution in [3.8, 4) is 5.75 Å². The number of rotatable bonds is 7. The van der Waals surface area contributed by atoms with Crippen molar-refractivity contribution in [2.75, 3.05) is 12.9 Å². The van der Waals surface area contributed by atoms with Gasteiger partial charge in [-0.15, -0.1) is 0 Å². The molecule has 3 aromatic rings. The molecule has 1 N–H and O–H groups in total. The Morgan fingerprint density at radius 1 is 1.37 bits per heavy atom. The zero-order valence-corrected chi connectivity index (χ0v) is 17.4. The standard InChI is InChI=1S/C19H19BrN4O2S/c1-3-24-16-7-5-4-6-15(16)22-19(24)27-12-18(25)23-21-11-13-8-9-17(26-2)14(20)10-13/h4-11H,3,12H2,1-2H3,(H,23,25)/b21-11-. The molecular weight excluding hydrogens is 428 g/mol. The number of ether oxygens (including phenoxy) is 1. The van der Waals surface area contributed by atoms with Gasteiger partial charge in [-0.3, -0.25) is 4.79 Å². The molecule has 0 bridgehead atoms. The van der Waals surface area contributed by atoms with E-state index in [2.05, 4.69) is 42.9 Å². The van der Waals surface area contributed by atoms with Crippen LogP contribution in [0.4, 0.5) is 0 Å². The fraction of sp³-hybridized carbons (Fsp3) is 0.211. The van der Waals surface area contributed by atoms with E-state index in [1.807, 2.05) is 42.5 Å². The van der Waals surface area contributed by atoms with Crippen molar-refractivity contribution in [3.05, 3.63) is 52.5 Å². The van der Waals surface area contributed by atoms with Gasteiger partial charge in [-0.05, 0) is 58.7 Å². The molecule has 0 atom stereocenters. The second-order valence-electron chi connectivity index (χ2n) is 5.60. The predicted octanol–water partition coefficient (Wildman–Crippen LogP) is 4.07. The highest BCUT2D eigenvalue weighted by Gasteiger charge is 2.11. The van der Waals surface area contributed by atoms with Gasteiger partial charge in [0.15, 0.2) is 5.16 Å². The van der Waals surface area contributed by atoms with Gasteiger partial charge in [-0.25, -0.2) is 10.4 Å². The quantitative estimate of drug-likeness (QED) is 0.337. The Morgan fingerprint density at radius 3 is 2.93 bits per heavy atom. The molecule has 2 aromatic carbocycles. The summed E-state index contributed by atoms with van der Waals surface area (Å²) >= 11 is 4.82. The molecule has 3 rings (SSSR count). The Bertz CT molecular complexity index is 987. The molecule has 0 saturated heterocycles. The van der Waals surface area contributed by atoms with Crippen LogP contribution in [-0.4, -0.2) is 34.5 Å². The number of halogens is 1. The SMILES string of the molecule is CCn1c(SCC(=O)N/N=C\c2ccc(OC)c(Br)c2)nc2ccccc21. The minimum Gasteiger partial charge on any atom is -0.496 e. The van der Waals surface area contributed by atoms with Crippen molar-refractivity contribution in [2.45, 2.75) is 18.6 Å². The van der Waals surface area contributed by atoms with Crippen LogP contribution in [0.3, 0.4) is 0 Å². The number of fused-ring (bicyclic) bond motifs is 1. The first-order valence-corrected chi connectivity index (χ1v) is 10.1. The summed E-state index contributed by atoms with van der Waals surface area (Å²) in [5.74, 6) is 0.803. The number of hydrazone groups is 1. The van der Waals surface area contributed by atoms with Gasteiger partial charge < -0.3 is 9.30 Å². The Hall–Kier alpha value is -2.32. The van der Waals surface area contributed by atoms with Crippen molar-refractivity contribution in [3.63, 3.8) is 0 Å². The number of para-hydroxylation sites is 2. The molecule has 27 heavy (non-hydrogen) atoms. The molecule has 0 aliphatic heterocycles. The Morgan fingerprint density at radius 2 is 2.19 bits per heavy atom. The van der Waals surface area contributed by atoms with Crippen LogP contribution in [0.5, 0.6) is 5.75 Å². The van der Waals surface area contributed by atoms with Crippen LogP contribution in [-0.2, 0) is 11.3 Å². The fourth-order valence-electron chi connectivity index (χ4n) is 2.57. The Labute approximate surface area is 170 Å². The molecule has 6 nitrogen and oxygen atoms in total. The summed E-state index contributed by atoms with van der Waals surface area (Å²) in [6.45, 7) is 2.87. The van der Waals surface area contributed by atoms with Crippen molar-refractivity contribution in [1.82, 2.24) is 15.0 Å². The van der Waals surface area contributed by atoms with E-state index in [1.165, 1.54) is 11.8 Å². The maximum absolute atomic E-state index is 12.1. The second kappa shape index (κ2) is 9.05. The summed E-state index contributed by atoms with van der Waals surface area (Å²) in [5.41, 5.74) is 5.41. The van der Waals surface area contributed by atoms with Crippen LogP contribution in [0.25, 0.3) is 11.0 Å². The summed E-state index contributed by atoms with van der Waals surface area (Å²) in [6, 6.07) is 13.5. The van der Waals surface area contributed by atoms with Crippen molar-refractivity contribution in [1.29, 1.82) is 0 Å². The van der Waals surface area contributed by atoms with Crippen LogP contribution in [0.15, 0.2) is 57.2 Å². The van der Waals surface area contributed by atoms with E-state index in [4.69, 9.17) is 4.74 Å². The number of hydrogen-bond acceptors (Lipinski definition) is 5. The Kier molecular flexibility index (Phi) is 6.52. The lowest BCUT2D eigenvalue weighted by atomic mass is 10.2. The minimum atomic E-state index is -0.182. The third-order valence-corrected chi connectivity index (χ3v) is 5.44. The molecule has 140 valence electrons. The van der Waals surface area contributed by atoms with E-state index in [9.17, 15) is 4.79 Å². The van der Waals surface area contributed by atoms with Crippen LogP contribution >= 0.6 is 27.7 Å². The monoisotopic (exact) mass is 446 g/mol. The van der Waals surface area contributed by atoms with Gasteiger partial charge in [0.05, 0.1) is 34.6 Å². The number of aryl methyl sites for hydroxylation is 1. The lowest BCUT2D eigenvalue weighted by molar-refractivity contribution is -0.118. The first-order valence-electron chi connectivity index (χ1n) is 8.36. The van der Waals surface area contributed by atoms with E-state index in [0.29, 0.717) is 0 Å². The molecule has 0 spiro atoms. The fourth-order valence-corrected chi connectivity index (χ4v) is 4.00. The van der Waals surface area contributed by atoms with Crippen molar-refractivity contribution in [2.24, 2.45) is 5.10 Å². The molecule has 0 fully saturated rings. The van der Waals surface area contributed by atoms with Gasteiger partial charge in [-0.2, -0.15) is 5.10 Å². The minimum absolute atomic E-state index is 0.182. The molecular formula is C19H19BrN4O2S. The topological polar surface area (TPSA) is 68.5 Å². The molecule has 8 heteroatoms. The normalized spacial score (nSPS) is 11.2. The number of nitrogens with one attached hydrogen (secondary N) is 1. The summed E-state index contributed by atoms with van der Waals surface area (Å²) in [6.07, 6.45) is 1.59. The largest absolute Gasteiger partial charge is 0.496 e. The van der Waals surface area contributed by atoms with Gasteiger partial charge in [0.2, 0.25) is 0 Å². The first kappa shape index (κ1) is 19.4. The van der Waals surface area contributed by atoms with Crippen LogP contribution in [0.2, 0.25) is 0 Å². The number of aromatic nitrogens is 2. The number of nitrogens with zero attached hydrogens (tertiary/aromatic N) is 3. The third-order valence-electron chi connectivity index (χ3n) is 3.85. The third kappa shape index (κ3) is 4.70. The number of benzene rings is 2. The molecule has 1 aromatic heterocycles. The van der Waals surface area contributed by atoms with E-state index < -0.39 is 0 Å². The smallest absolute Gasteiger partial charge is 0.250 e. The molecule has 0 saturated carbocycles.